The van der Waals surface area contributed by atoms with Crippen LogP contribution in [0, 0.1) is 0 Å². The van der Waals surface area contributed by atoms with Crippen LogP contribution in [0.4, 0.5) is 18.9 Å². The molecule has 1 atom stereocenters. The molecule has 1 saturated carbocycles. The number of alkyl halides is 3. The van der Waals surface area contributed by atoms with E-state index in [1.807, 2.05) is 11.8 Å². The van der Waals surface area contributed by atoms with Gasteiger partial charge in [-0.3, -0.25) is 19.4 Å². The second-order valence-electron chi connectivity index (χ2n) is 7.36. The molecule has 154 valence electrons. The largest absolute Gasteiger partial charge is 0.418 e. The van der Waals surface area contributed by atoms with Crippen molar-refractivity contribution in [3.8, 4) is 0 Å². The summed E-state index contributed by atoms with van der Waals surface area (Å²) in [5, 5.41) is 5.36. The molecule has 2 amide bonds. The minimum absolute atomic E-state index is 0.0166. The molecule has 6 nitrogen and oxygen atoms in total. The number of rotatable bonds is 6. The number of carbonyl (C=O) groups excluding carboxylic acids is 2. The van der Waals surface area contributed by atoms with Crippen LogP contribution in [0.1, 0.15) is 25.3 Å². The average molecular weight is 398 g/mol. The van der Waals surface area contributed by atoms with Gasteiger partial charge < -0.3 is 10.6 Å². The molecule has 1 heterocycles. The van der Waals surface area contributed by atoms with Crippen LogP contribution in [-0.2, 0) is 15.8 Å². The highest BCUT2D eigenvalue weighted by Gasteiger charge is 2.34. The van der Waals surface area contributed by atoms with Gasteiger partial charge in [-0.25, -0.2) is 0 Å². The van der Waals surface area contributed by atoms with Gasteiger partial charge in [-0.05, 0) is 31.9 Å². The topological polar surface area (TPSA) is 64.7 Å². The number of nitrogens with zero attached hydrogens (tertiary/aromatic N) is 2. The minimum Gasteiger partial charge on any atom is -0.352 e. The number of hydrogen-bond acceptors (Lipinski definition) is 4. The molecular formula is C19H25F3N4O2. The Kier molecular flexibility index (Phi) is 6.24. The molecular weight excluding hydrogens is 373 g/mol. The molecule has 1 saturated heterocycles. The van der Waals surface area contributed by atoms with Crippen LogP contribution in [-0.4, -0.2) is 66.4 Å². The Morgan fingerprint density at radius 2 is 1.79 bits per heavy atom. The number of halogens is 3. The van der Waals surface area contributed by atoms with Crippen molar-refractivity contribution in [1.82, 2.24) is 15.1 Å². The number of piperazine rings is 1. The smallest absolute Gasteiger partial charge is 0.352 e. The van der Waals surface area contributed by atoms with Gasteiger partial charge in [-0.1, -0.05) is 12.1 Å². The van der Waals surface area contributed by atoms with Crippen molar-refractivity contribution in [1.29, 1.82) is 0 Å². The van der Waals surface area contributed by atoms with E-state index < -0.39 is 17.6 Å². The second-order valence-corrected chi connectivity index (χ2v) is 7.36. The molecule has 0 unspecified atom stereocenters. The Labute approximate surface area is 162 Å². The van der Waals surface area contributed by atoms with E-state index in [2.05, 4.69) is 15.5 Å². The quantitative estimate of drug-likeness (QED) is 0.769. The lowest BCUT2D eigenvalue weighted by molar-refractivity contribution is -0.137. The summed E-state index contributed by atoms with van der Waals surface area (Å²) in [6.45, 7) is 4.30. The number of hydrogen-bond donors (Lipinski definition) is 2. The third-order valence-electron chi connectivity index (χ3n) is 5.13. The number of benzene rings is 1. The van der Waals surface area contributed by atoms with Gasteiger partial charge >= 0.3 is 6.18 Å². The van der Waals surface area contributed by atoms with Crippen molar-refractivity contribution < 1.29 is 22.8 Å². The van der Waals surface area contributed by atoms with Crippen molar-refractivity contribution in [2.45, 2.75) is 38.0 Å². The van der Waals surface area contributed by atoms with Crippen LogP contribution in [0.3, 0.4) is 0 Å². The predicted molar refractivity (Wildman–Crippen MR) is 98.7 cm³/mol. The first-order valence-corrected chi connectivity index (χ1v) is 9.47. The van der Waals surface area contributed by atoms with Crippen molar-refractivity contribution in [2.24, 2.45) is 0 Å². The van der Waals surface area contributed by atoms with E-state index in [-0.39, 0.29) is 24.2 Å². The molecule has 0 bridgehead atoms. The molecule has 1 aliphatic heterocycles. The zero-order chi connectivity index (χ0) is 20.3. The first-order valence-electron chi connectivity index (χ1n) is 9.47. The summed E-state index contributed by atoms with van der Waals surface area (Å²) in [5.41, 5.74) is -1.09. The van der Waals surface area contributed by atoms with Crippen molar-refractivity contribution >= 4 is 17.5 Å². The standard InChI is InChI=1S/C19H25F3N4O2/c1-13(18(28)23-14-6-7-14)26-10-8-25(9-11-26)12-17(27)24-16-5-3-2-4-15(16)19(20,21)22/h2-5,13-14H,6-12H2,1H3,(H,23,28)(H,24,27)/t13-/m0/s1. The molecule has 0 radical (unpaired) electrons. The van der Waals surface area contributed by atoms with Crippen LogP contribution in [0.15, 0.2) is 24.3 Å². The summed E-state index contributed by atoms with van der Waals surface area (Å²) in [4.78, 5) is 28.3. The molecule has 1 aliphatic carbocycles. The van der Waals surface area contributed by atoms with Crippen LogP contribution in [0.25, 0.3) is 0 Å². The van der Waals surface area contributed by atoms with Crippen LogP contribution < -0.4 is 10.6 Å². The molecule has 3 rings (SSSR count). The monoisotopic (exact) mass is 398 g/mol. The van der Waals surface area contributed by atoms with Gasteiger partial charge in [0, 0.05) is 32.2 Å². The molecule has 0 spiro atoms. The lowest BCUT2D eigenvalue weighted by Gasteiger charge is -2.37. The van der Waals surface area contributed by atoms with Crippen LogP contribution >= 0.6 is 0 Å². The second kappa shape index (κ2) is 8.48. The molecule has 2 N–H and O–H groups in total. The normalized spacial score (nSPS) is 19.9. The fourth-order valence-corrected chi connectivity index (χ4v) is 3.26. The van der Waals surface area contributed by atoms with Crippen molar-refractivity contribution in [2.75, 3.05) is 38.0 Å². The van der Waals surface area contributed by atoms with E-state index in [0.717, 1.165) is 18.9 Å². The number of para-hydroxylation sites is 1. The molecule has 28 heavy (non-hydrogen) atoms. The molecule has 1 aromatic rings. The van der Waals surface area contributed by atoms with Gasteiger partial charge in [0.1, 0.15) is 0 Å². The number of amides is 2. The first-order chi connectivity index (χ1) is 13.2. The van der Waals surface area contributed by atoms with Crippen LogP contribution in [0.2, 0.25) is 0 Å². The van der Waals surface area contributed by atoms with E-state index in [0.29, 0.717) is 32.2 Å². The molecule has 2 fully saturated rings. The molecule has 1 aromatic carbocycles. The minimum atomic E-state index is -4.52. The summed E-state index contributed by atoms with van der Waals surface area (Å²) < 4.78 is 39.1. The van der Waals surface area contributed by atoms with Crippen LogP contribution in [0.5, 0.6) is 0 Å². The summed E-state index contributed by atoms with van der Waals surface area (Å²) in [6, 6.07) is 5.03. The number of carbonyl (C=O) groups is 2. The van der Waals surface area contributed by atoms with Gasteiger partial charge in [0.05, 0.1) is 23.8 Å². The molecule has 2 aliphatic rings. The van der Waals surface area contributed by atoms with Gasteiger partial charge in [0.25, 0.3) is 0 Å². The maximum atomic E-state index is 13.0. The summed E-state index contributed by atoms with van der Waals surface area (Å²) in [6.07, 6.45) is -2.44. The van der Waals surface area contributed by atoms with Gasteiger partial charge in [0.15, 0.2) is 0 Å². The highest BCUT2D eigenvalue weighted by atomic mass is 19.4. The van der Waals surface area contributed by atoms with E-state index in [9.17, 15) is 22.8 Å². The average Bonchev–Trinajstić information content (AvgIpc) is 3.45. The Hall–Kier alpha value is -2.13. The van der Waals surface area contributed by atoms with E-state index in [1.54, 1.807) is 0 Å². The van der Waals surface area contributed by atoms with Crippen molar-refractivity contribution in [3.63, 3.8) is 0 Å². The fourth-order valence-electron chi connectivity index (χ4n) is 3.26. The summed E-state index contributed by atoms with van der Waals surface area (Å²) in [5.74, 6) is -0.456. The molecule has 9 heteroatoms. The SMILES string of the molecule is C[C@@H](C(=O)NC1CC1)N1CCN(CC(=O)Nc2ccccc2C(F)(F)F)CC1. The molecule has 0 aromatic heterocycles. The Morgan fingerprint density at radius 3 is 2.39 bits per heavy atom. The number of anilines is 1. The van der Waals surface area contributed by atoms with E-state index in [4.69, 9.17) is 0 Å². The lowest BCUT2D eigenvalue weighted by atomic mass is 10.1. The fraction of sp³-hybridized carbons (Fsp3) is 0.579. The lowest BCUT2D eigenvalue weighted by Crippen LogP contribution is -2.55. The van der Waals surface area contributed by atoms with E-state index >= 15 is 0 Å². The summed E-state index contributed by atoms with van der Waals surface area (Å²) >= 11 is 0. The summed E-state index contributed by atoms with van der Waals surface area (Å²) in [7, 11) is 0. The van der Waals surface area contributed by atoms with Gasteiger partial charge in [-0.2, -0.15) is 13.2 Å². The Bertz CT molecular complexity index is 713. The van der Waals surface area contributed by atoms with Crippen molar-refractivity contribution in [3.05, 3.63) is 29.8 Å². The number of nitrogens with one attached hydrogen (secondary N) is 2. The Morgan fingerprint density at radius 1 is 1.14 bits per heavy atom. The third kappa shape index (κ3) is 5.45. The predicted octanol–water partition coefficient (Wildman–Crippen LogP) is 1.93. The highest BCUT2D eigenvalue weighted by Crippen LogP contribution is 2.34. The zero-order valence-electron chi connectivity index (χ0n) is 15.8. The van der Waals surface area contributed by atoms with Gasteiger partial charge in [-0.15, -0.1) is 0 Å². The maximum Gasteiger partial charge on any atom is 0.418 e. The maximum absolute atomic E-state index is 13.0. The third-order valence-corrected chi connectivity index (χ3v) is 5.13. The first kappa shape index (κ1) is 20.6. The Balaban J connectivity index is 1.47. The zero-order valence-corrected chi connectivity index (χ0v) is 15.8. The van der Waals surface area contributed by atoms with Gasteiger partial charge in [0.2, 0.25) is 11.8 Å². The highest BCUT2D eigenvalue weighted by molar-refractivity contribution is 5.93. The van der Waals surface area contributed by atoms with E-state index in [1.165, 1.54) is 18.2 Å².